The molecule has 9 atom stereocenters. The van der Waals surface area contributed by atoms with Gasteiger partial charge in [0.15, 0.2) is 0 Å². The molecule has 2 heterocycles. The average Bonchev–Trinajstić information content (AvgIpc) is 3.87. The van der Waals surface area contributed by atoms with Crippen LogP contribution in [0.1, 0.15) is 99.0 Å². The lowest BCUT2D eigenvalue weighted by Crippen LogP contribution is -2.62. The standard InChI is InChI=1S/C50H77FN12O14S2/c1-8-27(4)40-47(74)56-30(15-16-37(52)65)42(69)58-33(22-38(53)66)43(70)60-35(48(75)63-19-9-10-36(63)46(73)59-31(20-26(2)3)41(68)55-23-39(67)54-18-17-51)25-79-78-24-34(61-49(76)77-50(5,6)7)45(72)57-32(44(71)62-40)21-28-11-13-29(64)14-12-28/h11-14,26-27,30-36,40,64H,8-10,15-25H2,1-7H3,(H2,52,65)(H2,53,66)(H,54,67)(H,55,68)(H,56,74)(H,57,72)(H,58,69)(H,59,73)(H,60,70)(H,61,76)(H,62,71)/t27-,30-,31-,32-,33-,34-,35-,36-,40-/m0/s1/i51-1. The molecule has 1 aromatic rings. The van der Waals surface area contributed by atoms with Gasteiger partial charge in [0.05, 0.1) is 13.0 Å². The van der Waals surface area contributed by atoms with E-state index in [1.54, 1.807) is 48.5 Å². The number of nitrogens with one attached hydrogen (secondary N) is 9. The number of primary amides is 2. The number of hydrogen-bond donors (Lipinski definition) is 12. The summed E-state index contributed by atoms with van der Waals surface area (Å²) < 4.78 is 18.1. The highest BCUT2D eigenvalue weighted by Gasteiger charge is 2.41. The molecule has 2 saturated heterocycles. The molecule has 79 heavy (non-hydrogen) atoms. The topological polar surface area (TPSA) is 398 Å². The molecule has 29 heteroatoms. The van der Waals surface area contributed by atoms with Gasteiger partial charge in [0, 0.05) is 37.4 Å². The van der Waals surface area contributed by atoms with E-state index in [-0.39, 0.29) is 68.4 Å². The van der Waals surface area contributed by atoms with Crippen LogP contribution in [0.15, 0.2) is 24.3 Å². The van der Waals surface area contributed by atoms with Crippen LogP contribution in [0.5, 0.6) is 5.75 Å². The Morgan fingerprint density at radius 2 is 1.44 bits per heavy atom. The molecular weight excluding hydrogens is 1070 g/mol. The summed E-state index contributed by atoms with van der Waals surface area (Å²) in [5, 5.41) is 32.7. The number of phenolic OH excluding ortho intramolecular Hbond substituents is 1. The lowest BCUT2D eigenvalue weighted by atomic mass is 9.96. The molecule has 440 valence electrons. The van der Waals surface area contributed by atoms with Crippen molar-refractivity contribution < 1.29 is 71.8 Å². The maximum absolute atomic E-state index is 14.8. The summed E-state index contributed by atoms with van der Waals surface area (Å²) in [6.07, 6.45) is -2.17. The molecule has 0 aliphatic carbocycles. The van der Waals surface area contributed by atoms with Crippen molar-refractivity contribution in [3.63, 3.8) is 0 Å². The lowest BCUT2D eigenvalue weighted by Gasteiger charge is -2.31. The average molecular weight is 1150 g/mol. The maximum atomic E-state index is 14.8. The number of hydrogen-bond acceptors (Lipinski definition) is 16. The van der Waals surface area contributed by atoms with Crippen molar-refractivity contribution in [1.82, 2.24) is 52.8 Å². The minimum absolute atomic E-state index is 0.0157. The highest BCUT2D eigenvalue weighted by Crippen LogP contribution is 2.27. The van der Waals surface area contributed by atoms with Crippen LogP contribution in [0.3, 0.4) is 0 Å². The summed E-state index contributed by atoms with van der Waals surface area (Å²) >= 11 is 0. The first-order valence-electron chi connectivity index (χ1n) is 25.9. The normalized spacial score (nSPS) is 22.8. The van der Waals surface area contributed by atoms with Crippen molar-refractivity contribution in [1.29, 1.82) is 0 Å². The first kappa shape index (κ1) is 66.4. The Bertz CT molecular complexity index is 2350. The number of benzene rings is 1. The summed E-state index contributed by atoms with van der Waals surface area (Å²) in [7, 11) is 1.87. The van der Waals surface area contributed by atoms with Gasteiger partial charge in [-0.2, -0.15) is 0 Å². The monoisotopic (exact) mass is 1150 g/mol. The van der Waals surface area contributed by atoms with E-state index in [0.717, 1.165) is 21.6 Å². The fourth-order valence-electron chi connectivity index (χ4n) is 8.13. The van der Waals surface area contributed by atoms with Gasteiger partial charge in [-0.15, -0.1) is 0 Å². The van der Waals surface area contributed by atoms with Crippen molar-refractivity contribution in [2.45, 2.75) is 154 Å². The van der Waals surface area contributed by atoms with E-state index in [0.29, 0.717) is 5.56 Å². The largest absolute Gasteiger partial charge is 0.508 e. The quantitative estimate of drug-likeness (QED) is 0.0665. The molecule has 1 aromatic carbocycles. The van der Waals surface area contributed by atoms with Gasteiger partial charge in [-0.1, -0.05) is 67.8 Å². The van der Waals surface area contributed by atoms with Gasteiger partial charge in [-0.05, 0) is 76.0 Å². The molecule has 2 aliphatic heterocycles. The smallest absolute Gasteiger partial charge is 0.408 e. The molecule has 3 rings (SSSR count). The highest BCUT2D eigenvalue weighted by atomic mass is 33.1. The van der Waals surface area contributed by atoms with Crippen LogP contribution < -0.4 is 59.3 Å². The number of carbonyl (C=O) groups excluding carboxylic acids is 12. The number of nitrogens with zero attached hydrogens (tertiary/aromatic N) is 1. The molecular formula is C50H77FN12O14S2. The van der Waals surface area contributed by atoms with E-state index in [9.17, 15) is 67.0 Å². The van der Waals surface area contributed by atoms with Gasteiger partial charge in [0.25, 0.3) is 0 Å². The van der Waals surface area contributed by atoms with Crippen molar-refractivity contribution in [2.75, 3.05) is 37.8 Å². The zero-order valence-corrected chi connectivity index (χ0v) is 47.2. The molecule has 0 radical (unpaired) electrons. The third-order valence-electron chi connectivity index (χ3n) is 12.3. The van der Waals surface area contributed by atoms with Gasteiger partial charge >= 0.3 is 6.09 Å². The number of halogens is 1. The predicted molar refractivity (Wildman–Crippen MR) is 289 cm³/mol. The van der Waals surface area contributed by atoms with Crippen molar-refractivity contribution in [3.05, 3.63) is 29.8 Å². The Hall–Kier alpha value is -6.91. The zero-order chi connectivity index (χ0) is 59.1. The molecule has 2 aliphatic rings. The molecule has 12 amide bonds. The van der Waals surface area contributed by atoms with Crippen LogP contribution in [-0.2, 0) is 63.9 Å². The number of rotatable bonds is 20. The second-order valence-electron chi connectivity index (χ2n) is 20.6. The maximum Gasteiger partial charge on any atom is 0.408 e. The minimum Gasteiger partial charge on any atom is -0.508 e. The van der Waals surface area contributed by atoms with Gasteiger partial charge in [-0.25, -0.2) is 9.18 Å². The van der Waals surface area contributed by atoms with Crippen LogP contribution in [-0.4, -0.2) is 173 Å². The number of carbonyl (C=O) groups is 12. The van der Waals surface area contributed by atoms with Crippen LogP contribution >= 0.6 is 21.6 Å². The van der Waals surface area contributed by atoms with E-state index >= 15 is 0 Å². The summed E-state index contributed by atoms with van der Waals surface area (Å²) in [6.45, 7) is 10.1. The fraction of sp³-hybridized carbons (Fsp3) is 0.640. The van der Waals surface area contributed by atoms with Gasteiger partial charge in [-0.3, -0.25) is 52.7 Å². The number of amides is 12. The summed E-state index contributed by atoms with van der Waals surface area (Å²) in [5.74, 6) is -11.3. The molecule has 26 nitrogen and oxygen atoms in total. The van der Waals surface area contributed by atoms with E-state index < -0.39 is 163 Å². The first-order chi connectivity index (χ1) is 37.1. The van der Waals surface area contributed by atoms with E-state index in [1.807, 2.05) is 0 Å². The Kier molecular flexibility index (Phi) is 27.1. The summed E-state index contributed by atoms with van der Waals surface area (Å²) in [4.78, 5) is 165. The Morgan fingerprint density at radius 1 is 0.823 bits per heavy atom. The van der Waals surface area contributed by atoms with Crippen LogP contribution in [0, 0.1) is 11.8 Å². The minimum atomic E-state index is -1.82. The van der Waals surface area contributed by atoms with Crippen molar-refractivity contribution in [2.24, 2.45) is 23.3 Å². The van der Waals surface area contributed by atoms with Crippen LogP contribution in [0.4, 0.5) is 9.18 Å². The third-order valence-corrected chi connectivity index (χ3v) is 14.8. The van der Waals surface area contributed by atoms with E-state index in [1.165, 1.54) is 29.2 Å². The number of likely N-dealkylation sites (tertiary alicyclic amines) is 1. The Labute approximate surface area is 466 Å². The van der Waals surface area contributed by atoms with Gasteiger partial charge in [0.2, 0.25) is 65.0 Å². The number of aromatic hydroxyl groups is 1. The van der Waals surface area contributed by atoms with Crippen LogP contribution in [0.2, 0.25) is 0 Å². The van der Waals surface area contributed by atoms with Gasteiger partial charge in [0.1, 0.15) is 66.4 Å². The number of alkyl halides is 1. The third kappa shape index (κ3) is 23.1. The second kappa shape index (κ2) is 32.2. The number of nitrogens with two attached hydrogens (primary N) is 2. The van der Waals surface area contributed by atoms with Gasteiger partial charge < -0.3 is 74.1 Å². The first-order valence-corrected chi connectivity index (χ1v) is 28.4. The number of phenols is 1. The number of ether oxygens (including phenoxy) is 1. The van der Waals surface area contributed by atoms with Crippen molar-refractivity contribution in [3.8, 4) is 5.75 Å². The molecule has 0 unspecified atom stereocenters. The second-order valence-corrected chi connectivity index (χ2v) is 23.1. The van der Waals surface area contributed by atoms with Crippen molar-refractivity contribution >= 4 is 92.7 Å². The molecule has 14 N–H and O–H groups in total. The summed E-state index contributed by atoms with van der Waals surface area (Å²) in [6, 6.07) is -6.02. The molecule has 0 spiro atoms. The zero-order valence-electron chi connectivity index (χ0n) is 45.5. The van der Waals surface area contributed by atoms with E-state index in [4.69, 9.17) is 16.2 Å². The molecule has 0 aromatic heterocycles. The highest BCUT2D eigenvalue weighted by molar-refractivity contribution is 8.76. The number of alkyl carbamates (subject to hydrolysis) is 1. The Morgan fingerprint density at radius 3 is 2.05 bits per heavy atom. The fourth-order valence-corrected chi connectivity index (χ4v) is 10.4. The van der Waals surface area contributed by atoms with Crippen LogP contribution in [0.25, 0.3) is 0 Å². The Balaban J connectivity index is 2.15. The predicted octanol–water partition coefficient (Wildman–Crippen LogP) is -1.44. The lowest BCUT2D eigenvalue weighted by molar-refractivity contribution is -0.142. The molecule has 0 saturated carbocycles. The van der Waals surface area contributed by atoms with E-state index in [2.05, 4.69) is 47.9 Å². The molecule has 0 bridgehead atoms. The summed E-state index contributed by atoms with van der Waals surface area (Å²) in [5.41, 5.74) is 10.4. The SMILES string of the molecule is CC[C@H](C)[C@@H]1NC(=O)[C@H](Cc2ccc(O)cc2)NC(=O)[C@@H](NC(=O)OC(C)(C)C)CSSC[C@@H](C(=O)N2CCC[C@H]2C(=O)N[C@@H](CC(C)C)C(=O)NCC(=O)NCC[18F])NC(=O)[C@H](CC(N)=O)NC(=O)[C@H](CCC(N)=O)NC1=O. The molecule has 2 fully saturated rings.